The highest BCUT2D eigenvalue weighted by molar-refractivity contribution is 14.1. The molecule has 0 aromatic heterocycles. The lowest BCUT2D eigenvalue weighted by atomic mass is 9.96. The first-order valence-electron chi connectivity index (χ1n) is 4.54. The van der Waals surface area contributed by atoms with E-state index in [0.29, 0.717) is 12.5 Å². The van der Waals surface area contributed by atoms with Gasteiger partial charge in [0, 0.05) is 10.2 Å². The summed E-state index contributed by atoms with van der Waals surface area (Å²) in [6, 6.07) is 8.62. The van der Waals surface area contributed by atoms with Crippen LogP contribution in [0.4, 0.5) is 0 Å². The normalized spacial score (nSPS) is 31.8. The molecular formula is C11H13IO. The maximum atomic E-state index is 9.06. The van der Waals surface area contributed by atoms with Crippen LogP contribution in [0.25, 0.3) is 0 Å². The van der Waals surface area contributed by atoms with Crippen molar-refractivity contribution in [1.29, 1.82) is 0 Å². The summed E-state index contributed by atoms with van der Waals surface area (Å²) in [5.74, 6) is 0.479. The Morgan fingerprint density at radius 1 is 1.46 bits per heavy atom. The van der Waals surface area contributed by atoms with Crippen molar-refractivity contribution in [2.45, 2.75) is 18.8 Å². The Balaban J connectivity index is 2.23. The van der Waals surface area contributed by atoms with Gasteiger partial charge in [0.05, 0.1) is 0 Å². The van der Waals surface area contributed by atoms with Crippen LogP contribution in [0.2, 0.25) is 0 Å². The van der Waals surface area contributed by atoms with Gasteiger partial charge >= 0.3 is 0 Å². The van der Waals surface area contributed by atoms with Gasteiger partial charge in [-0.2, -0.15) is 0 Å². The van der Waals surface area contributed by atoms with Gasteiger partial charge in [-0.25, -0.2) is 0 Å². The monoisotopic (exact) mass is 288 g/mol. The summed E-state index contributed by atoms with van der Waals surface area (Å²) in [5.41, 5.74) is 1.62. The molecule has 1 fully saturated rings. The van der Waals surface area contributed by atoms with Crippen molar-refractivity contribution in [3.63, 3.8) is 0 Å². The smallest absolute Gasteiger partial charge is 0.0468 e. The van der Waals surface area contributed by atoms with Gasteiger partial charge in [0.1, 0.15) is 0 Å². The molecule has 0 bridgehead atoms. The largest absolute Gasteiger partial charge is 0.396 e. The molecule has 0 aliphatic heterocycles. The van der Waals surface area contributed by atoms with Crippen LogP contribution in [0.3, 0.4) is 0 Å². The van der Waals surface area contributed by atoms with Gasteiger partial charge in [0.2, 0.25) is 0 Å². The molecule has 2 unspecified atom stereocenters. The lowest BCUT2D eigenvalue weighted by Gasteiger charge is -2.10. The van der Waals surface area contributed by atoms with Crippen LogP contribution >= 0.6 is 22.6 Å². The number of benzene rings is 1. The van der Waals surface area contributed by atoms with Crippen LogP contribution in [-0.2, 0) is 5.41 Å². The molecule has 1 aliphatic carbocycles. The van der Waals surface area contributed by atoms with Crippen molar-refractivity contribution in [1.82, 2.24) is 0 Å². The number of halogens is 1. The molecule has 1 N–H and O–H groups in total. The van der Waals surface area contributed by atoms with Crippen LogP contribution in [0.1, 0.15) is 18.9 Å². The predicted octanol–water partition coefficient (Wildman–Crippen LogP) is 2.56. The van der Waals surface area contributed by atoms with Gasteiger partial charge in [-0.15, -0.1) is 0 Å². The fourth-order valence-electron chi connectivity index (χ4n) is 1.90. The van der Waals surface area contributed by atoms with E-state index in [-0.39, 0.29) is 5.41 Å². The Bertz CT molecular complexity index is 306. The molecule has 2 heteroatoms. The third kappa shape index (κ3) is 1.62. The highest BCUT2D eigenvalue weighted by atomic mass is 127. The maximum Gasteiger partial charge on any atom is 0.0468 e. The number of aliphatic hydroxyl groups is 1. The average molecular weight is 288 g/mol. The minimum atomic E-state index is 0.249. The standard InChI is InChI=1S/C11H13IO/c1-11(6-9(11)7-13)8-2-4-10(12)5-3-8/h2-5,9,13H,6-7H2,1H3. The first-order valence-corrected chi connectivity index (χ1v) is 5.61. The number of hydrogen-bond acceptors (Lipinski definition) is 1. The molecule has 0 radical (unpaired) electrons. The Labute approximate surface area is 92.3 Å². The van der Waals surface area contributed by atoms with E-state index in [9.17, 15) is 0 Å². The molecule has 0 spiro atoms. The predicted molar refractivity (Wildman–Crippen MR) is 61.7 cm³/mol. The first-order chi connectivity index (χ1) is 6.16. The summed E-state index contributed by atoms with van der Waals surface area (Å²) < 4.78 is 1.27. The third-order valence-electron chi connectivity index (χ3n) is 3.14. The summed E-state index contributed by atoms with van der Waals surface area (Å²) in [4.78, 5) is 0. The molecule has 13 heavy (non-hydrogen) atoms. The fourth-order valence-corrected chi connectivity index (χ4v) is 2.26. The van der Waals surface area contributed by atoms with Gasteiger partial charge in [0.25, 0.3) is 0 Å². The Hall–Kier alpha value is -0.0900. The molecule has 1 aliphatic rings. The highest BCUT2D eigenvalue weighted by Gasteiger charge is 2.50. The Morgan fingerprint density at radius 3 is 2.54 bits per heavy atom. The minimum Gasteiger partial charge on any atom is -0.396 e. The van der Waals surface area contributed by atoms with E-state index in [2.05, 4.69) is 53.8 Å². The topological polar surface area (TPSA) is 20.2 Å². The lowest BCUT2D eigenvalue weighted by molar-refractivity contribution is 0.265. The number of rotatable bonds is 2. The van der Waals surface area contributed by atoms with E-state index in [0.717, 1.165) is 6.42 Å². The number of hydrogen-bond donors (Lipinski definition) is 1. The van der Waals surface area contributed by atoms with E-state index in [1.165, 1.54) is 9.13 Å². The van der Waals surface area contributed by atoms with Crippen molar-refractivity contribution in [2.24, 2.45) is 5.92 Å². The molecule has 0 saturated heterocycles. The van der Waals surface area contributed by atoms with E-state index in [4.69, 9.17) is 5.11 Å². The molecule has 1 saturated carbocycles. The zero-order valence-corrected chi connectivity index (χ0v) is 9.78. The van der Waals surface area contributed by atoms with Gasteiger partial charge < -0.3 is 5.11 Å². The molecule has 1 aromatic rings. The Morgan fingerprint density at radius 2 is 2.08 bits per heavy atom. The van der Waals surface area contributed by atoms with Gasteiger partial charge in [0.15, 0.2) is 0 Å². The summed E-state index contributed by atoms with van der Waals surface area (Å²) in [6.07, 6.45) is 1.13. The van der Waals surface area contributed by atoms with Gasteiger partial charge in [-0.05, 0) is 58.0 Å². The molecule has 2 rings (SSSR count). The van der Waals surface area contributed by atoms with Crippen LogP contribution < -0.4 is 0 Å². The molecule has 0 amide bonds. The van der Waals surface area contributed by atoms with E-state index >= 15 is 0 Å². The molecule has 1 aromatic carbocycles. The summed E-state index contributed by atoms with van der Waals surface area (Å²) >= 11 is 2.31. The van der Waals surface area contributed by atoms with Crippen LogP contribution in [0.15, 0.2) is 24.3 Å². The maximum absolute atomic E-state index is 9.06. The van der Waals surface area contributed by atoms with Crippen molar-refractivity contribution in [3.8, 4) is 0 Å². The van der Waals surface area contributed by atoms with Gasteiger partial charge in [-0.3, -0.25) is 0 Å². The third-order valence-corrected chi connectivity index (χ3v) is 3.85. The van der Waals surface area contributed by atoms with E-state index in [1.807, 2.05) is 0 Å². The minimum absolute atomic E-state index is 0.249. The lowest BCUT2D eigenvalue weighted by Crippen LogP contribution is -2.06. The second kappa shape index (κ2) is 3.24. The second-order valence-electron chi connectivity index (χ2n) is 4.01. The van der Waals surface area contributed by atoms with E-state index in [1.54, 1.807) is 0 Å². The highest BCUT2D eigenvalue weighted by Crippen LogP contribution is 2.53. The van der Waals surface area contributed by atoms with Gasteiger partial charge in [-0.1, -0.05) is 19.1 Å². The number of aliphatic hydroxyl groups excluding tert-OH is 1. The first kappa shape index (κ1) is 9.46. The SMILES string of the molecule is CC1(c2ccc(I)cc2)CC1CO. The molecule has 2 atom stereocenters. The summed E-state index contributed by atoms with van der Waals surface area (Å²) in [5, 5.41) is 9.06. The fraction of sp³-hybridized carbons (Fsp3) is 0.455. The molecular weight excluding hydrogens is 275 g/mol. The summed E-state index contributed by atoms with van der Waals surface area (Å²) in [6.45, 7) is 2.55. The Kier molecular flexibility index (Phi) is 2.36. The molecule has 1 nitrogen and oxygen atoms in total. The average Bonchev–Trinajstić information content (AvgIpc) is 2.80. The molecule has 0 heterocycles. The van der Waals surface area contributed by atoms with Crippen molar-refractivity contribution < 1.29 is 5.11 Å². The van der Waals surface area contributed by atoms with Crippen molar-refractivity contribution in [2.75, 3.05) is 6.61 Å². The van der Waals surface area contributed by atoms with E-state index < -0.39 is 0 Å². The van der Waals surface area contributed by atoms with Crippen LogP contribution in [-0.4, -0.2) is 11.7 Å². The van der Waals surface area contributed by atoms with Crippen molar-refractivity contribution >= 4 is 22.6 Å². The second-order valence-corrected chi connectivity index (χ2v) is 5.25. The molecule has 70 valence electrons. The van der Waals surface area contributed by atoms with Crippen LogP contribution in [0.5, 0.6) is 0 Å². The zero-order chi connectivity index (χ0) is 9.47. The zero-order valence-electron chi connectivity index (χ0n) is 7.63. The van der Waals surface area contributed by atoms with Crippen LogP contribution in [0, 0.1) is 9.49 Å². The summed E-state index contributed by atoms with van der Waals surface area (Å²) in [7, 11) is 0. The quantitative estimate of drug-likeness (QED) is 0.829. The van der Waals surface area contributed by atoms with Crippen molar-refractivity contribution in [3.05, 3.63) is 33.4 Å².